The van der Waals surface area contributed by atoms with Gasteiger partial charge in [-0.05, 0) is 63.2 Å². The third-order valence-corrected chi connectivity index (χ3v) is 15.1. The Balaban J connectivity index is 1.77. The molecular formula is C27H27PSi. The third kappa shape index (κ3) is 2.80. The van der Waals surface area contributed by atoms with E-state index in [2.05, 4.69) is 112 Å². The molecule has 0 amide bonds. The zero-order valence-electron chi connectivity index (χ0n) is 17.6. The maximum Gasteiger partial charge on any atom is 0.0985 e. The van der Waals surface area contributed by atoms with E-state index < -0.39 is 8.07 Å². The Morgan fingerprint density at radius 2 is 1.21 bits per heavy atom. The molecule has 1 aliphatic rings. The molecule has 0 radical (unpaired) electrons. The first kappa shape index (κ1) is 18.7. The molecule has 2 heteroatoms. The van der Waals surface area contributed by atoms with Gasteiger partial charge in [-0.3, -0.25) is 0 Å². The minimum Gasteiger partial charge on any atom is -0.0937 e. The molecule has 1 heterocycles. The standard InChI is InChI=1S/C27H27PSi/c1-19-18-28(21-12-6-5-7-13-21)27(20(19)2)29(3,4)26-24-16-10-8-14-22(24)23-15-9-11-17-25(23)26/h5-18,26H,1-4H3. The lowest BCUT2D eigenvalue weighted by molar-refractivity contribution is 1.13. The van der Waals surface area contributed by atoms with E-state index in [-0.39, 0.29) is 7.53 Å². The van der Waals surface area contributed by atoms with Gasteiger partial charge in [-0.2, -0.15) is 0 Å². The van der Waals surface area contributed by atoms with Crippen molar-refractivity contribution in [3.63, 3.8) is 0 Å². The Bertz CT molecular complexity index is 1150. The van der Waals surface area contributed by atoms with Crippen LogP contribution in [0, 0.1) is 13.8 Å². The molecular weight excluding hydrogens is 383 g/mol. The normalized spacial score (nSPS) is 14.0. The predicted molar refractivity (Wildman–Crippen MR) is 131 cm³/mol. The summed E-state index contributed by atoms with van der Waals surface area (Å²) in [4.78, 5) is 1.77. The summed E-state index contributed by atoms with van der Waals surface area (Å²) in [7, 11) is -2.22. The van der Waals surface area contributed by atoms with E-state index in [1.54, 1.807) is 21.6 Å². The molecule has 4 aromatic rings. The van der Waals surface area contributed by atoms with Crippen LogP contribution >= 0.6 is 7.53 Å². The van der Waals surface area contributed by atoms with Crippen molar-refractivity contribution in [3.05, 3.63) is 107 Å². The van der Waals surface area contributed by atoms with E-state index in [4.69, 9.17) is 0 Å². The number of hydrogen-bond donors (Lipinski definition) is 0. The molecule has 0 saturated carbocycles. The minimum absolute atomic E-state index is 0.386. The maximum atomic E-state index is 2.61. The van der Waals surface area contributed by atoms with Gasteiger partial charge < -0.3 is 0 Å². The lowest BCUT2D eigenvalue weighted by Crippen LogP contribution is -2.47. The molecule has 5 rings (SSSR count). The van der Waals surface area contributed by atoms with Gasteiger partial charge in [-0.25, -0.2) is 0 Å². The van der Waals surface area contributed by atoms with Crippen molar-refractivity contribution in [2.75, 3.05) is 0 Å². The summed E-state index contributed by atoms with van der Waals surface area (Å²) in [6.45, 7) is 9.90. The van der Waals surface area contributed by atoms with Gasteiger partial charge in [0.05, 0.1) is 8.07 Å². The highest BCUT2D eigenvalue weighted by Gasteiger charge is 2.44. The average Bonchev–Trinajstić information content (AvgIpc) is 3.24. The zero-order valence-corrected chi connectivity index (χ0v) is 19.5. The van der Waals surface area contributed by atoms with E-state index in [0.717, 1.165) is 0 Å². The highest BCUT2D eigenvalue weighted by Crippen LogP contribution is 2.52. The second-order valence-electron chi connectivity index (χ2n) is 8.82. The predicted octanol–water partition coefficient (Wildman–Crippen LogP) is 7.55. The molecule has 0 N–H and O–H groups in total. The van der Waals surface area contributed by atoms with Crippen molar-refractivity contribution in [2.45, 2.75) is 32.5 Å². The van der Waals surface area contributed by atoms with Crippen LogP contribution in [0.1, 0.15) is 27.8 Å². The van der Waals surface area contributed by atoms with Crippen LogP contribution in [-0.4, -0.2) is 8.07 Å². The van der Waals surface area contributed by atoms with Gasteiger partial charge >= 0.3 is 0 Å². The van der Waals surface area contributed by atoms with Gasteiger partial charge in [0.1, 0.15) is 0 Å². The first-order chi connectivity index (χ1) is 14.0. The van der Waals surface area contributed by atoms with Crippen LogP contribution in [0.3, 0.4) is 0 Å². The Kier molecular flexibility index (Phi) is 4.42. The number of benzene rings is 3. The van der Waals surface area contributed by atoms with Crippen molar-refractivity contribution < 1.29 is 0 Å². The average molecular weight is 411 g/mol. The highest BCUT2D eigenvalue weighted by atomic mass is 31.1. The van der Waals surface area contributed by atoms with E-state index in [0.29, 0.717) is 5.54 Å². The second-order valence-corrected chi connectivity index (χ2v) is 15.7. The van der Waals surface area contributed by atoms with Crippen LogP contribution < -0.4 is 4.92 Å². The minimum atomic E-state index is -1.83. The van der Waals surface area contributed by atoms with Crippen LogP contribution in [0.2, 0.25) is 13.1 Å². The summed E-state index contributed by atoms with van der Waals surface area (Å²) >= 11 is 0. The number of aryl methyl sites for hydroxylation is 1. The van der Waals surface area contributed by atoms with Crippen molar-refractivity contribution >= 4 is 20.5 Å². The Morgan fingerprint density at radius 1 is 0.690 bits per heavy atom. The van der Waals surface area contributed by atoms with E-state index in [1.807, 2.05) is 0 Å². The van der Waals surface area contributed by atoms with Crippen molar-refractivity contribution in [3.8, 4) is 16.4 Å². The topological polar surface area (TPSA) is 0 Å². The van der Waals surface area contributed by atoms with Crippen molar-refractivity contribution in [1.82, 2.24) is 0 Å². The largest absolute Gasteiger partial charge is 0.0985 e. The smallest absolute Gasteiger partial charge is 0.0937 e. The second kappa shape index (κ2) is 6.87. The Labute approximate surface area is 176 Å². The fraction of sp³-hybridized carbons (Fsp3) is 0.185. The number of hydrogen-bond acceptors (Lipinski definition) is 0. The quantitative estimate of drug-likeness (QED) is 0.306. The van der Waals surface area contributed by atoms with Crippen molar-refractivity contribution in [1.29, 1.82) is 0 Å². The van der Waals surface area contributed by atoms with Crippen LogP contribution in [-0.2, 0) is 0 Å². The summed E-state index contributed by atoms with van der Waals surface area (Å²) in [6, 6.07) is 29.4. The zero-order chi connectivity index (χ0) is 20.2. The molecule has 0 nitrogen and oxygen atoms in total. The molecule has 0 aliphatic heterocycles. The molecule has 29 heavy (non-hydrogen) atoms. The maximum absolute atomic E-state index is 2.61. The van der Waals surface area contributed by atoms with Crippen LogP contribution in [0.4, 0.5) is 0 Å². The summed E-state index contributed by atoms with van der Waals surface area (Å²) in [5.41, 5.74) is 9.52. The molecule has 1 atom stereocenters. The van der Waals surface area contributed by atoms with Gasteiger partial charge in [0.25, 0.3) is 0 Å². The van der Waals surface area contributed by atoms with Crippen LogP contribution in [0.15, 0.2) is 84.7 Å². The number of fused-ring (bicyclic) bond motifs is 3. The lowest BCUT2D eigenvalue weighted by Gasteiger charge is -2.33. The first-order valence-electron chi connectivity index (χ1n) is 10.4. The number of rotatable bonds is 3. The highest BCUT2D eigenvalue weighted by molar-refractivity contribution is 7.64. The third-order valence-electron chi connectivity index (χ3n) is 6.71. The molecule has 1 aliphatic carbocycles. The molecule has 0 bridgehead atoms. The van der Waals surface area contributed by atoms with Crippen LogP contribution in [0.25, 0.3) is 16.4 Å². The van der Waals surface area contributed by atoms with E-state index in [9.17, 15) is 0 Å². The summed E-state index contributed by atoms with van der Waals surface area (Å²) in [6.07, 6.45) is 0. The van der Waals surface area contributed by atoms with Crippen molar-refractivity contribution in [2.24, 2.45) is 0 Å². The Morgan fingerprint density at radius 3 is 1.79 bits per heavy atom. The fourth-order valence-electron chi connectivity index (χ4n) is 5.38. The van der Waals surface area contributed by atoms with Crippen LogP contribution in [0.5, 0.6) is 0 Å². The van der Waals surface area contributed by atoms with E-state index >= 15 is 0 Å². The molecule has 3 aromatic carbocycles. The van der Waals surface area contributed by atoms with Gasteiger partial charge in [-0.1, -0.05) is 99.5 Å². The van der Waals surface area contributed by atoms with Gasteiger partial charge in [0.2, 0.25) is 0 Å². The van der Waals surface area contributed by atoms with Gasteiger partial charge in [-0.15, -0.1) is 0 Å². The molecule has 1 unspecified atom stereocenters. The SMILES string of the molecule is Cc1cp(-c2ccccc2)c([Si](C)(C)C2c3ccccc3-c3ccccc32)c1C. The van der Waals surface area contributed by atoms with Gasteiger partial charge in [0, 0.05) is 5.54 Å². The summed E-state index contributed by atoms with van der Waals surface area (Å²) in [5.74, 6) is 2.57. The fourth-order valence-corrected chi connectivity index (χ4v) is 14.5. The molecule has 144 valence electrons. The summed E-state index contributed by atoms with van der Waals surface area (Å²) in [5, 5.41) is 1.49. The first-order valence-corrected chi connectivity index (χ1v) is 14.9. The molecule has 0 spiro atoms. The molecule has 0 fully saturated rings. The molecule has 0 saturated heterocycles. The monoisotopic (exact) mass is 410 g/mol. The molecule has 1 aromatic heterocycles. The summed E-state index contributed by atoms with van der Waals surface area (Å²) < 4.78 is 0. The van der Waals surface area contributed by atoms with E-state index in [1.165, 1.54) is 22.0 Å². The van der Waals surface area contributed by atoms with Gasteiger partial charge in [0.15, 0.2) is 0 Å². The Hall–Kier alpha value is -2.34. The lowest BCUT2D eigenvalue weighted by atomic mass is 10.1.